The second-order valence-electron chi connectivity index (χ2n) is 9.19. The van der Waals surface area contributed by atoms with E-state index in [0.29, 0.717) is 0 Å². The third-order valence-corrected chi connectivity index (χ3v) is 4.91. The fourth-order valence-corrected chi connectivity index (χ4v) is 3.55. The van der Waals surface area contributed by atoms with Gasteiger partial charge >= 0.3 is 0 Å². The van der Waals surface area contributed by atoms with E-state index < -0.39 is 5.11 Å². The van der Waals surface area contributed by atoms with Crippen LogP contribution in [0.1, 0.15) is 79.0 Å². The van der Waals surface area contributed by atoms with Crippen LogP contribution in [0.25, 0.3) is 0 Å². The summed E-state index contributed by atoms with van der Waals surface area (Å²) >= 11 is 18.4. The molecule has 5 heteroatoms. The first kappa shape index (κ1) is 21.4. The third-order valence-electron chi connectivity index (χ3n) is 3.81. The lowest BCUT2D eigenvalue weighted by Crippen LogP contribution is -2.21. The van der Waals surface area contributed by atoms with Crippen LogP contribution in [0.15, 0.2) is 16.9 Å². The minimum atomic E-state index is -2.84. The van der Waals surface area contributed by atoms with Gasteiger partial charge in [-0.3, -0.25) is 0 Å². The summed E-state index contributed by atoms with van der Waals surface area (Å²) in [5.41, 5.74) is 4.30. The van der Waals surface area contributed by atoms with E-state index in [9.17, 15) is 0 Å². The predicted octanol–water partition coefficient (Wildman–Crippen LogP) is 8.87. The first-order chi connectivity index (χ1) is 9.93. The molecule has 0 aliphatic heterocycles. The number of rotatable bonds is 1. The predicted molar refractivity (Wildman–Crippen MR) is 109 cm³/mol. The van der Waals surface area contributed by atoms with Crippen LogP contribution in [0.5, 0.6) is 0 Å². The molecule has 1 aromatic rings. The Morgan fingerprint density at radius 1 is 0.696 bits per heavy atom. The first-order valence-electron chi connectivity index (χ1n) is 7.84. The normalized spacial score (nSPS) is 14.1. The van der Waals surface area contributed by atoms with Crippen molar-refractivity contribution in [2.75, 3.05) is 0 Å². The number of nitrogens with zero attached hydrogens (tertiary/aromatic N) is 1. The maximum Gasteiger partial charge on any atom is 0.229 e. The largest absolute Gasteiger partial charge is 0.229 e. The molecule has 0 unspecified atom stereocenters. The van der Waals surface area contributed by atoms with E-state index in [-0.39, 0.29) is 16.2 Å². The van der Waals surface area contributed by atoms with E-state index in [1.165, 1.54) is 5.56 Å². The SMILES string of the molecule is CC(C)(C)c1cc(C(C)(C)C)c(N=P(Cl)(Cl)Cl)c(C(C)(C)C)c1. The van der Waals surface area contributed by atoms with Gasteiger partial charge < -0.3 is 0 Å². The minimum absolute atomic E-state index is 0.0493. The number of hydrogen-bond donors (Lipinski definition) is 0. The smallest absolute Gasteiger partial charge is 0.223 e. The van der Waals surface area contributed by atoms with Gasteiger partial charge in [0.15, 0.2) is 0 Å². The second kappa shape index (κ2) is 6.56. The van der Waals surface area contributed by atoms with Crippen molar-refractivity contribution in [3.8, 4) is 0 Å². The van der Waals surface area contributed by atoms with Crippen molar-refractivity contribution in [2.45, 2.75) is 78.6 Å². The highest BCUT2D eigenvalue weighted by Crippen LogP contribution is 2.67. The van der Waals surface area contributed by atoms with E-state index in [0.717, 1.165) is 16.8 Å². The summed E-state index contributed by atoms with van der Waals surface area (Å²) in [6.07, 6.45) is 0. The van der Waals surface area contributed by atoms with Crippen molar-refractivity contribution in [3.05, 3.63) is 28.8 Å². The standard InChI is InChI=1S/C18H29Cl3NP/c1-16(2,3)12-10-13(17(4,5)6)15(22-23(19,20)21)14(11-12)18(7,8)9/h10-11H,1-9H3. The molecule has 1 nitrogen and oxygen atoms in total. The molecule has 1 aromatic carbocycles. The molecular weight excluding hydrogens is 368 g/mol. The molecule has 0 amide bonds. The van der Waals surface area contributed by atoms with Gasteiger partial charge in [-0.1, -0.05) is 74.4 Å². The van der Waals surface area contributed by atoms with E-state index in [4.69, 9.17) is 33.7 Å². The Hall–Kier alpha value is 0.320. The van der Waals surface area contributed by atoms with Crippen LogP contribution in [-0.4, -0.2) is 0 Å². The number of halogens is 3. The average molecular weight is 397 g/mol. The fraction of sp³-hybridized carbons (Fsp3) is 0.667. The maximum absolute atomic E-state index is 6.12. The molecule has 0 aliphatic carbocycles. The van der Waals surface area contributed by atoms with Crippen molar-refractivity contribution in [2.24, 2.45) is 4.74 Å². The minimum Gasteiger partial charge on any atom is -0.223 e. The monoisotopic (exact) mass is 395 g/mol. The Balaban J connectivity index is 3.99. The molecule has 0 spiro atoms. The van der Waals surface area contributed by atoms with Crippen LogP contribution in [-0.2, 0) is 16.2 Å². The fourth-order valence-electron chi connectivity index (χ4n) is 2.43. The summed E-state index contributed by atoms with van der Waals surface area (Å²) in [6.45, 7) is 19.7. The molecule has 0 heterocycles. The Labute approximate surface area is 156 Å². The van der Waals surface area contributed by atoms with Crippen molar-refractivity contribution in [1.29, 1.82) is 0 Å². The quantitative estimate of drug-likeness (QED) is 0.420. The van der Waals surface area contributed by atoms with Crippen molar-refractivity contribution < 1.29 is 0 Å². The van der Waals surface area contributed by atoms with Gasteiger partial charge in [0.25, 0.3) is 0 Å². The van der Waals surface area contributed by atoms with Crippen LogP contribution in [0.4, 0.5) is 5.69 Å². The second-order valence-corrected chi connectivity index (χ2v) is 16.2. The van der Waals surface area contributed by atoms with Gasteiger partial charge in [0, 0.05) is 0 Å². The lowest BCUT2D eigenvalue weighted by molar-refractivity contribution is 0.550. The van der Waals surface area contributed by atoms with E-state index >= 15 is 0 Å². The molecule has 0 saturated heterocycles. The van der Waals surface area contributed by atoms with E-state index in [1.807, 2.05) is 0 Å². The highest BCUT2D eigenvalue weighted by atomic mass is 36.0. The van der Waals surface area contributed by atoms with Crippen LogP contribution < -0.4 is 0 Å². The summed E-state index contributed by atoms with van der Waals surface area (Å²) in [7, 11) is 0. The van der Waals surface area contributed by atoms with Gasteiger partial charge in [0.1, 0.15) is 0 Å². The molecule has 0 saturated carbocycles. The lowest BCUT2D eigenvalue weighted by atomic mass is 9.74. The van der Waals surface area contributed by atoms with Gasteiger partial charge in [-0.25, -0.2) is 4.74 Å². The van der Waals surface area contributed by atoms with Crippen molar-refractivity contribution in [3.63, 3.8) is 0 Å². The van der Waals surface area contributed by atoms with E-state index in [1.54, 1.807) is 0 Å². The van der Waals surface area contributed by atoms with Crippen LogP contribution in [0.2, 0.25) is 0 Å². The third kappa shape index (κ3) is 5.96. The molecule has 132 valence electrons. The van der Waals surface area contributed by atoms with Crippen LogP contribution in [0.3, 0.4) is 0 Å². The van der Waals surface area contributed by atoms with Gasteiger partial charge in [-0.15, -0.1) is 0 Å². The zero-order valence-corrected chi connectivity index (χ0v) is 18.8. The summed E-state index contributed by atoms with van der Waals surface area (Å²) in [5.74, 6) is 0. The molecule has 0 fully saturated rings. The summed E-state index contributed by atoms with van der Waals surface area (Å²) in [4.78, 5) is 0. The molecule has 23 heavy (non-hydrogen) atoms. The molecule has 0 N–H and O–H groups in total. The molecule has 0 aliphatic rings. The Morgan fingerprint density at radius 2 is 1.04 bits per heavy atom. The van der Waals surface area contributed by atoms with Gasteiger partial charge in [-0.05, 0) is 66.7 Å². The Bertz CT molecular complexity index is 594. The molecule has 0 radical (unpaired) electrons. The number of hydrogen-bond acceptors (Lipinski definition) is 1. The molecular formula is C18H29Cl3NP. The van der Waals surface area contributed by atoms with Crippen LogP contribution >= 0.6 is 38.8 Å². The lowest BCUT2D eigenvalue weighted by Gasteiger charge is -2.32. The van der Waals surface area contributed by atoms with Crippen LogP contribution in [0, 0.1) is 0 Å². The van der Waals surface area contributed by atoms with Gasteiger partial charge in [-0.2, -0.15) is 0 Å². The first-order valence-corrected chi connectivity index (χ1v) is 12.3. The van der Waals surface area contributed by atoms with Gasteiger partial charge in [0.2, 0.25) is 5.11 Å². The summed E-state index contributed by atoms with van der Waals surface area (Å²) in [6, 6.07) is 4.46. The highest BCUT2D eigenvalue weighted by Gasteiger charge is 2.29. The Kier molecular flexibility index (Phi) is 6.09. The zero-order valence-electron chi connectivity index (χ0n) is 15.7. The van der Waals surface area contributed by atoms with Gasteiger partial charge in [0.05, 0.1) is 5.69 Å². The zero-order chi connectivity index (χ0) is 18.4. The maximum atomic E-state index is 6.12. The number of benzene rings is 1. The molecule has 0 atom stereocenters. The van der Waals surface area contributed by atoms with Crippen molar-refractivity contribution in [1.82, 2.24) is 0 Å². The Morgan fingerprint density at radius 3 is 1.26 bits per heavy atom. The molecule has 0 bridgehead atoms. The average Bonchev–Trinajstić information content (AvgIpc) is 2.21. The summed E-state index contributed by atoms with van der Waals surface area (Å²) in [5, 5.41) is -2.84. The topological polar surface area (TPSA) is 12.4 Å². The molecule has 0 aromatic heterocycles. The van der Waals surface area contributed by atoms with E-state index in [2.05, 4.69) is 79.2 Å². The molecule has 1 rings (SSSR count). The summed E-state index contributed by atoms with van der Waals surface area (Å²) < 4.78 is 4.55. The van der Waals surface area contributed by atoms with Crippen molar-refractivity contribution >= 4 is 44.5 Å². The highest BCUT2D eigenvalue weighted by molar-refractivity contribution is 8.26.